The molecule has 0 aromatic carbocycles. The van der Waals surface area contributed by atoms with Gasteiger partial charge in [-0.3, -0.25) is 9.00 Å². The molecule has 1 amide bonds. The fourth-order valence-electron chi connectivity index (χ4n) is 2.26. The number of nitrogens with two attached hydrogens (primary N) is 1. The fourth-order valence-corrected chi connectivity index (χ4v) is 3.56. The van der Waals surface area contributed by atoms with Crippen LogP contribution < -0.4 is 16.6 Å². The number of anilines is 1. The van der Waals surface area contributed by atoms with Crippen LogP contribution >= 0.6 is 0 Å². The minimum absolute atomic E-state index is 0.0974. The summed E-state index contributed by atoms with van der Waals surface area (Å²) in [6, 6.07) is 3.53. The lowest BCUT2D eigenvalue weighted by Crippen LogP contribution is -2.39. The van der Waals surface area contributed by atoms with Crippen LogP contribution in [0.2, 0.25) is 0 Å². The number of nitrogen functional groups attached to an aromatic ring is 1. The van der Waals surface area contributed by atoms with Crippen molar-refractivity contribution in [2.45, 2.75) is 38.6 Å². The van der Waals surface area contributed by atoms with E-state index < -0.39 is 10.8 Å². The topological polar surface area (TPSA) is 97.1 Å². The molecule has 0 unspecified atom stereocenters. The maximum Gasteiger partial charge on any atom is 0.251 e. The zero-order valence-electron chi connectivity index (χ0n) is 12.4. The van der Waals surface area contributed by atoms with Crippen molar-refractivity contribution in [2.24, 2.45) is 5.84 Å². The lowest BCUT2D eigenvalue weighted by molar-refractivity contribution is 0.0934. The summed E-state index contributed by atoms with van der Waals surface area (Å²) >= 11 is 0. The summed E-state index contributed by atoms with van der Waals surface area (Å²) in [6.07, 6.45) is 1.53. The molecule has 0 aliphatic carbocycles. The highest BCUT2D eigenvalue weighted by Gasteiger charge is 2.20. The van der Waals surface area contributed by atoms with Crippen molar-refractivity contribution in [3.05, 3.63) is 23.4 Å². The third-order valence-electron chi connectivity index (χ3n) is 3.57. The SMILES string of the molecule is CC(C)c1cc(C(=O)NC2CCS(=O)CC2)cc(NN)n1. The number of hydrazine groups is 1. The summed E-state index contributed by atoms with van der Waals surface area (Å²) in [4.78, 5) is 16.7. The van der Waals surface area contributed by atoms with Crippen LogP contribution in [0.15, 0.2) is 12.1 Å². The largest absolute Gasteiger partial charge is 0.349 e. The number of amides is 1. The Hall–Kier alpha value is -1.47. The summed E-state index contributed by atoms with van der Waals surface area (Å²) < 4.78 is 11.3. The first-order valence-corrected chi connectivity index (χ1v) is 8.63. The average molecular weight is 310 g/mol. The summed E-state index contributed by atoms with van der Waals surface area (Å²) in [5, 5.41) is 3.00. The third kappa shape index (κ3) is 4.25. The summed E-state index contributed by atoms with van der Waals surface area (Å²) in [6.45, 7) is 4.03. The van der Waals surface area contributed by atoms with Crippen LogP contribution in [0.25, 0.3) is 0 Å². The molecule has 1 aromatic rings. The standard InChI is InChI=1S/C14H22N4O2S/c1-9(2)12-7-10(8-13(17-12)18-15)14(19)16-11-3-5-21(20)6-4-11/h7-9,11H,3-6,15H2,1-2H3,(H,16,19)(H,17,18). The quantitative estimate of drug-likeness (QED) is 0.572. The van der Waals surface area contributed by atoms with E-state index in [0.29, 0.717) is 22.9 Å². The normalized spacial score (nSPS) is 22.1. The second-order valence-electron chi connectivity index (χ2n) is 5.56. The number of hydrogen-bond acceptors (Lipinski definition) is 5. The van der Waals surface area contributed by atoms with Gasteiger partial charge in [-0.25, -0.2) is 10.8 Å². The van der Waals surface area contributed by atoms with E-state index in [-0.39, 0.29) is 17.9 Å². The highest BCUT2D eigenvalue weighted by molar-refractivity contribution is 7.85. The van der Waals surface area contributed by atoms with Crippen molar-refractivity contribution in [1.29, 1.82) is 0 Å². The summed E-state index contributed by atoms with van der Waals surface area (Å²) in [5.74, 6) is 7.29. The van der Waals surface area contributed by atoms with E-state index in [1.807, 2.05) is 13.8 Å². The Balaban J connectivity index is 2.11. The van der Waals surface area contributed by atoms with Crippen LogP contribution in [-0.4, -0.2) is 32.6 Å². The number of hydrogen-bond donors (Lipinski definition) is 3. The van der Waals surface area contributed by atoms with Crippen molar-refractivity contribution < 1.29 is 9.00 Å². The van der Waals surface area contributed by atoms with Crippen molar-refractivity contribution in [2.75, 3.05) is 16.9 Å². The molecule has 1 aliphatic rings. The van der Waals surface area contributed by atoms with Gasteiger partial charge in [0.1, 0.15) is 5.82 Å². The highest BCUT2D eigenvalue weighted by Crippen LogP contribution is 2.18. The first-order chi connectivity index (χ1) is 9.99. The zero-order chi connectivity index (χ0) is 15.4. The Morgan fingerprint density at radius 1 is 1.38 bits per heavy atom. The maximum absolute atomic E-state index is 12.4. The monoisotopic (exact) mass is 310 g/mol. The van der Waals surface area contributed by atoms with Crippen LogP contribution in [0.3, 0.4) is 0 Å². The molecule has 1 aliphatic heterocycles. The smallest absolute Gasteiger partial charge is 0.251 e. The van der Waals surface area contributed by atoms with Crippen molar-refractivity contribution >= 4 is 22.5 Å². The van der Waals surface area contributed by atoms with Crippen LogP contribution in [0.1, 0.15) is 48.7 Å². The lowest BCUT2D eigenvalue weighted by Gasteiger charge is -2.22. The van der Waals surface area contributed by atoms with Crippen molar-refractivity contribution in [3.8, 4) is 0 Å². The van der Waals surface area contributed by atoms with Gasteiger partial charge in [-0.2, -0.15) is 0 Å². The predicted molar refractivity (Wildman–Crippen MR) is 84.5 cm³/mol. The summed E-state index contributed by atoms with van der Waals surface area (Å²) in [7, 11) is -0.723. The van der Waals surface area contributed by atoms with E-state index in [4.69, 9.17) is 5.84 Å². The van der Waals surface area contributed by atoms with Crippen LogP contribution in [0.5, 0.6) is 0 Å². The molecular formula is C14H22N4O2S. The number of carbonyl (C=O) groups excluding carboxylic acids is 1. The van der Waals surface area contributed by atoms with E-state index in [1.165, 1.54) is 0 Å². The first-order valence-electron chi connectivity index (χ1n) is 7.14. The molecule has 6 nitrogen and oxygen atoms in total. The molecule has 1 saturated heterocycles. The molecule has 21 heavy (non-hydrogen) atoms. The molecule has 0 radical (unpaired) electrons. The molecule has 2 heterocycles. The fraction of sp³-hybridized carbons (Fsp3) is 0.571. The van der Waals surface area contributed by atoms with Gasteiger partial charge < -0.3 is 10.7 Å². The Kier molecular flexibility index (Phi) is 5.30. The van der Waals surface area contributed by atoms with Gasteiger partial charge in [-0.1, -0.05) is 13.8 Å². The van der Waals surface area contributed by atoms with Gasteiger partial charge in [0.2, 0.25) is 0 Å². The lowest BCUT2D eigenvalue weighted by atomic mass is 10.1. The second-order valence-corrected chi connectivity index (χ2v) is 7.26. The number of pyridine rings is 1. The minimum atomic E-state index is -0.723. The zero-order valence-corrected chi connectivity index (χ0v) is 13.2. The third-order valence-corrected chi connectivity index (χ3v) is 4.95. The number of nitrogens with one attached hydrogen (secondary N) is 2. The number of nitrogens with zero attached hydrogens (tertiary/aromatic N) is 1. The van der Waals surface area contributed by atoms with E-state index in [2.05, 4.69) is 15.7 Å². The van der Waals surface area contributed by atoms with Gasteiger partial charge in [0, 0.05) is 39.6 Å². The van der Waals surface area contributed by atoms with Crippen molar-refractivity contribution in [3.63, 3.8) is 0 Å². The second kappa shape index (κ2) is 7.00. The molecule has 116 valence electrons. The number of rotatable bonds is 4. The molecule has 0 atom stereocenters. The molecule has 4 N–H and O–H groups in total. The van der Waals surface area contributed by atoms with E-state index in [0.717, 1.165) is 18.5 Å². The van der Waals surface area contributed by atoms with Crippen LogP contribution in [-0.2, 0) is 10.8 Å². The molecule has 0 saturated carbocycles. The first kappa shape index (κ1) is 15.9. The number of carbonyl (C=O) groups is 1. The van der Waals surface area contributed by atoms with Crippen LogP contribution in [0, 0.1) is 0 Å². The molecule has 7 heteroatoms. The van der Waals surface area contributed by atoms with Crippen molar-refractivity contribution in [1.82, 2.24) is 10.3 Å². The van der Waals surface area contributed by atoms with E-state index in [1.54, 1.807) is 12.1 Å². The van der Waals surface area contributed by atoms with Crippen LogP contribution in [0.4, 0.5) is 5.82 Å². The van der Waals surface area contributed by atoms with E-state index >= 15 is 0 Å². The predicted octanol–water partition coefficient (Wildman–Crippen LogP) is 1.13. The van der Waals surface area contributed by atoms with E-state index in [9.17, 15) is 9.00 Å². The molecule has 1 aromatic heterocycles. The Labute approximate surface area is 127 Å². The average Bonchev–Trinajstić information content (AvgIpc) is 2.49. The maximum atomic E-state index is 12.4. The molecule has 0 bridgehead atoms. The van der Waals surface area contributed by atoms with Gasteiger partial charge in [-0.05, 0) is 30.9 Å². The Bertz CT molecular complexity index is 538. The molecular weight excluding hydrogens is 288 g/mol. The molecule has 0 spiro atoms. The highest BCUT2D eigenvalue weighted by atomic mass is 32.2. The van der Waals surface area contributed by atoms with Gasteiger partial charge in [0.25, 0.3) is 5.91 Å². The summed E-state index contributed by atoms with van der Waals surface area (Å²) in [5.41, 5.74) is 3.86. The minimum Gasteiger partial charge on any atom is -0.349 e. The Morgan fingerprint density at radius 3 is 2.62 bits per heavy atom. The Morgan fingerprint density at radius 2 is 2.05 bits per heavy atom. The van der Waals surface area contributed by atoms with Gasteiger partial charge >= 0.3 is 0 Å². The van der Waals surface area contributed by atoms with Gasteiger partial charge in [-0.15, -0.1) is 0 Å². The molecule has 2 rings (SSSR count). The molecule has 1 fully saturated rings. The van der Waals surface area contributed by atoms with Gasteiger partial charge in [0.15, 0.2) is 0 Å². The van der Waals surface area contributed by atoms with Gasteiger partial charge in [0.05, 0.1) is 0 Å². The number of aromatic nitrogens is 1.